The molecule has 12 aromatic rings. The number of carbonyl (C=O) groups excluding carboxylic acids is 7. The zero-order valence-electron chi connectivity index (χ0n) is 67.5. The molecule has 8 aliphatic rings. The Kier molecular flexibility index (Phi) is 24.5. The number of fused-ring (bicyclic) bond motifs is 12. The molecule has 8 aliphatic carbocycles. The van der Waals surface area contributed by atoms with Crippen LogP contribution in [0.15, 0.2) is 146 Å². The van der Waals surface area contributed by atoms with Gasteiger partial charge in [-0.25, -0.2) is 59.9 Å². The van der Waals surface area contributed by atoms with Crippen molar-refractivity contribution < 1.29 is 78.6 Å². The molecule has 20 rings (SSSR count). The number of hydrogen-bond donors (Lipinski definition) is 9. The molecular formula is C92H70F8N20O9. The van der Waals surface area contributed by atoms with Crippen LogP contribution in [0.4, 0.5) is 35.1 Å². The number of carbonyl (C=O) groups is 8. The van der Waals surface area contributed by atoms with Crippen LogP contribution in [0, 0.1) is 116 Å². The third kappa shape index (κ3) is 19.5. The fourth-order valence-electron chi connectivity index (χ4n) is 17.3. The van der Waals surface area contributed by atoms with Crippen molar-refractivity contribution >= 4 is 46.8 Å². The SMILES string of the molecule is N#Cc1cccc(Cc2nc(C(=O)N[C@@H]3C(=O)Cc4c(F)cc(F)cc4[C@@H]4CC34)n[nH]2)c1.N#Cc1cccc(Cc2nc(C(=O)N[C@@H]3C(=O)Cc4c(F)cc(F)cc4[C@@H]4C[C@H]34)n[nH]2)c1.N#Cc1cccc(Cc2nc(C(=O)N[C@H]3C(=O)Cc4c(F)cc(F)cc4[C@H]4C[C@H]43)n[nH]2)c1.N#Cc1cccc(Cc2nc(C(=O)O)n[nH]2)c1.N[C@@H]1C(=O)Cc2c(F)cc(F)cc2[C@@H]2CC12. The van der Waals surface area contributed by atoms with E-state index < -0.39 is 94.4 Å². The lowest BCUT2D eigenvalue weighted by Crippen LogP contribution is -2.43. The molecule has 129 heavy (non-hydrogen) atoms. The average molecular weight is 1750 g/mol. The quantitative estimate of drug-likeness (QED) is 0.0431. The van der Waals surface area contributed by atoms with E-state index >= 15 is 0 Å². The molecule has 648 valence electrons. The molecule has 0 radical (unpaired) electrons. The van der Waals surface area contributed by atoms with Gasteiger partial charge in [-0.15, -0.1) is 20.4 Å². The maximum Gasteiger partial charge on any atom is 0.375 e. The molecular weight excluding hydrogens is 1680 g/mol. The smallest absolute Gasteiger partial charge is 0.375 e. The number of Topliss-reactive ketones (excluding diaryl/α,β-unsaturated/α-hetero) is 4. The molecule has 4 fully saturated rings. The molecule has 4 aromatic heterocycles. The zero-order chi connectivity index (χ0) is 90.9. The Morgan fingerprint density at radius 1 is 0.364 bits per heavy atom. The van der Waals surface area contributed by atoms with Crippen LogP contribution in [0.25, 0.3) is 0 Å². The van der Waals surface area contributed by atoms with Gasteiger partial charge in [0.1, 0.15) is 69.8 Å². The van der Waals surface area contributed by atoms with E-state index in [0.29, 0.717) is 118 Å². The number of aromatic nitrogens is 12. The topological polar surface area (TPSA) is 480 Å². The average Bonchev–Trinajstić information content (AvgIpc) is 1.63. The number of aromatic amines is 4. The van der Waals surface area contributed by atoms with Crippen molar-refractivity contribution in [1.29, 1.82) is 21.0 Å². The molecule has 3 amide bonds. The molecule has 0 saturated heterocycles. The first-order chi connectivity index (χ1) is 62.0. The third-order valence-electron chi connectivity index (χ3n) is 23.8. The number of nitriles is 4. The van der Waals surface area contributed by atoms with E-state index in [0.717, 1.165) is 52.9 Å². The van der Waals surface area contributed by atoms with Crippen LogP contribution in [-0.2, 0) is 70.5 Å². The van der Waals surface area contributed by atoms with Crippen LogP contribution >= 0.6 is 0 Å². The summed E-state index contributed by atoms with van der Waals surface area (Å²) in [5.74, 6) is -9.30. The molecule has 29 nitrogen and oxygen atoms in total. The Morgan fingerprint density at radius 2 is 0.612 bits per heavy atom. The van der Waals surface area contributed by atoms with E-state index in [1.807, 2.05) is 30.3 Å². The second-order valence-electron chi connectivity index (χ2n) is 32.5. The maximum atomic E-state index is 14.2. The Morgan fingerprint density at radius 3 is 0.876 bits per heavy atom. The third-order valence-corrected chi connectivity index (χ3v) is 23.8. The highest BCUT2D eigenvalue weighted by Gasteiger charge is 2.55. The normalized spacial score (nSPS) is 21.0. The predicted octanol–water partition coefficient (Wildman–Crippen LogP) is 10.2. The van der Waals surface area contributed by atoms with Gasteiger partial charge >= 0.3 is 5.97 Å². The number of amides is 3. The van der Waals surface area contributed by atoms with Gasteiger partial charge < -0.3 is 26.8 Å². The van der Waals surface area contributed by atoms with Crippen molar-refractivity contribution in [2.45, 2.75) is 125 Å². The van der Waals surface area contributed by atoms with Gasteiger partial charge in [0.25, 0.3) is 23.5 Å². The summed E-state index contributed by atoms with van der Waals surface area (Å²) in [6.45, 7) is 0. The van der Waals surface area contributed by atoms with Gasteiger partial charge in [-0.3, -0.25) is 54.0 Å². The predicted molar refractivity (Wildman–Crippen MR) is 434 cm³/mol. The number of hydrogen-bond acceptors (Lipinski definition) is 21. The molecule has 4 heterocycles. The Bertz CT molecular complexity index is 6290. The summed E-state index contributed by atoms with van der Waals surface area (Å²) in [5.41, 5.74) is 14.4. The molecule has 37 heteroatoms. The molecule has 4 saturated carbocycles. The summed E-state index contributed by atoms with van der Waals surface area (Å²) < 4.78 is 110. The highest BCUT2D eigenvalue weighted by Crippen LogP contribution is 2.56. The van der Waals surface area contributed by atoms with Crippen LogP contribution in [0.1, 0.15) is 204 Å². The van der Waals surface area contributed by atoms with E-state index in [9.17, 15) is 73.5 Å². The highest BCUT2D eigenvalue weighted by atomic mass is 19.2. The first-order valence-corrected chi connectivity index (χ1v) is 40.6. The number of carboxylic acid groups (broad SMARTS) is 1. The fourth-order valence-corrected chi connectivity index (χ4v) is 17.3. The van der Waals surface area contributed by atoms with Crippen LogP contribution in [-0.4, -0.2) is 137 Å². The minimum absolute atomic E-state index is 0.00435. The van der Waals surface area contributed by atoms with Crippen molar-refractivity contribution in [3.8, 4) is 24.3 Å². The summed E-state index contributed by atoms with van der Waals surface area (Å²) in [7, 11) is 0. The van der Waals surface area contributed by atoms with Crippen molar-refractivity contribution in [2.75, 3.05) is 0 Å². The summed E-state index contributed by atoms with van der Waals surface area (Å²) in [6.07, 6.45) is 3.34. The van der Waals surface area contributed by atoms with Crippen LogP contribution in [0.5, 0.6) is 0 Å². The highest BCUT2D eigenvalue weighted by molar-refractivity contribution is 5.99. The number of benzene rings is 8. The first kappa shape index (κ1) is 86.7. The minimum atomic E-state index is -1.17. The van der Waals surface area contributed by atoms with Gasteiger partial charge in [0, 0.05) is 75.6 Å². The van der Waals surface area contributed by atoms with Crippen LogP contribution in [0.3, 0.4) is 0 Å². The minimum Gasteiger partial charge on any atom is -0.475 e. The fraction of sp³-hybridized carbons (Fsp3) is 0.261. The molecule has 0 aliphatic heterocycles. The molecule has 12 atom stereocenters. The number of H-pyrrole nitrogens is 4. The van der Waals surface area contributed by atoms with Gasteiger partial charge in [-0.1, -0.05) is 48.5 Å². The van der Waals surface area contributed by atoms with E-state index in [1.54, 1.807) is 72.8 Å². The Labute approximate surface area is 726 Å². The largest absolute Gasteiger partial charge is 0.475 e. The van der Waals surface area contributed by atoms with Gasteiger partial charge in [-0.2, -0.15) is 21.0 Å². The zero-order valence-corrected chi connectivity index (χ0v) is 67.5. The van der Waals surface area contributed by atoms with E-state index in [-0.39, 0.29) is 136 Å². The van der Waals surface area contributed by atoms with Crippen molar-refractivity contribution in [3.63, 3.8) is 0 Å². The lowest BCUT2D eigenvalue weighted by atomic mass is 9.99. The number of ketones is 4. The number of rotatable bonds is 15. The van der Waals surface area contributed by atoms with E-state index in [4.69, 9.17) is 31.9 Å². The number of nitrogens with two attached hydrogens (primary N) is 1. The number of halogens is 8. The second kappa shape index (κ2) is 36.4. The summed E-state index contributed by atoms with van der Waals surface area (Å²) >= 11 is 0. The summed E-state index contributed by atoms with van der Waals surface area (Å²) in [5, 5.41) is 78.5. The Balaban J connectivity index is 0.000000121. The Hall–Kier alpha value is -15.8. The van der Waals surface area contributed by atoms with E-state index in [2.05, 4.69) is 94.9 Å². The van der Waals surface area contributed by atoms with Crippen LogP contribution in [0.2, 0.25) is 0 Å². The molecule has 8 aromatic carbocycles. The number of nitrogens with one attached hydrogen (secondary N) is 7. The van der Waals surface area contributed by atoms with Gasteiger partial charge in [0.2, 0.25) is 17.5 Å². The molecule has 2 unspecified atom stereocenters. The van der Waals surface area contributed by atoms with Gasteiger partial charge in [0.15, 0.2) is 23.1 Å². The van der Waals surface area contributed by atoms with Gasteiger partial charge in [-0.05, 0) is 213 Å². The van der Waals surface area contributed by atoms with Crippen molar-refractivity contribution in [3.05, 3.63) is 328 Å². The monoisotopic (exact) mass is 1750 g/mol. The lowest BCUT2D eigenvalue weighted by Gasteiger charge is -2.15. The second-order valence-corrected chi connectivity index (χ2v) is 32.5. The number of aromatic carboxylic acids is 1. The van der Waals surface area contributed by atoms with Crippen molar-refractivity contribution in [2.24, 2.45) is 29.4 Å². The molecule has 0 spiro atoms. The summed E-state index contributed by atoms with van der Waals surface area (Å²) in [4.78, 5) is 115. The van der Waals surface area contributed by atoms with Crippen LogP contribution < -0.4 is 21.7 Å². The van der Waals surface area contributed by atoms with Gasteiger partial charge in [0.05, 0.1) is 70.7 Å². The summed E-state index contributed by atoms with van der Waals surface area (Å²) in [6, 6.07) is 41.7. The maximum absolute atomic E-state index is 14.2. The number of nitrogens with zero attached hydrogens (tertiary/aromatic N) is 12. The lowest BCUT2D eigenvalue weighted by molar-refractivity contribution is -0.121. The standard InChI is InChI=1S/3C23H17F2N5O2.C12H11F2NO.C11H8N4O2/c3*24-13-6-14-15-8-17(15)21(19(31)9-16(14)18(25)7-13)28-23(32)22-27-20(29-30-22)5-11-2-1-3-12(4-11)10-26;13-5-1-6-7-3-9(7)12(15)11(16)4-8(6)10(14)2-5;12-6-8-3-1-2-7(4-8)5-9-13-10(11(16)17)15-14-9/h3*1-4,6-7,15,17,21H,5,8-9H2,(H,28,32)(H,27,29,30);1-2,7,9,12H,3-4,15H2;1-4H,5H2,(H,16,17)(H,13,14,15)/t15-,17?,21-;2*15-,17-,21-;7-,9?,12-;/m0100./s1. The molecule has 10 N–H and O–H groups in total. The number of carboxylic acids is 1. The first-order valence-electron chi connectivity index (χ1n) is 40.6. The molecule has 0 bridgehead atoms. The van der Waals surface area contributed by atoms with Crippen molar-refractivity contribution in [1.82, 2.24) is 76.7 Å². The van der Waals surface area contributed by atoms with E-state index in [1.165, 1.54) is 24.3 Å².